The molecule has 18 heavy (non-hydrogen) atoms. The molecule has 4 N–H and O–H groups in total. The normalized spacial score (nSPS) is 13.5. The number of aliphatic hydroxyl groups is 2. The van der Waals surface area contributed by atoms with Crippen LogP contribution < -0.4 is 4.72 Å². The van der Waals surface area contributed by atoms with E-state index in [-0.39, 0.29) is 4.67 Å². The van der Waals surface area contributed by atoms with Crippen LogP contribution in [0.5, 0.6) is 0 Å². The Hall–Kier alpha value is -0.940. The zero-order chi connectivity index (χ0) is 13.9. The van der Waals surface area contributed by atoms with Gasteiger partial charge in [0.25, 0.3) is 0 Å². The van der Waals surface area contributed by atoms with E-state index in [2.05, 4.69) is 20.3 Å². The molecule has 1 heterocycles. The summed E-state index contributed by atoms with van der Waals surface area (Å²) in [4.78, 5) is 10.2. The fourth-order valence-corrected chi connectivity index (χ4v) is 3.00. The van der Waals surface area contributed by atoms with Crippen LogP contribution in [0.25, 0.3) is 0 Å². The molecule has 0 saturated carbocycles. The first-order valence-corrected chi connectivity index (χ1v) is 6.86. The molecule has 1 rings (SSSR count). The van der Waals surface area contributed by atoms with E-state index in [0.717, 1.165) is 6.07 Å². The minimum atomic E-state index is -4.03. The first-order chi connectivity index (χ1) is 8.27. The van der Waals surface area contributed by atoms with Crippen LogP contribution in [0.2, 0.25) is 0 Å². The summed E-state index contributed by atoms with van der Waals surface area (Å²) in [5.41, 5.74) is 0. The molecule has 1 aromatic heterocycles. The number of carbonyl (C=O) groups is 1. The highest BCUT2D eigenvalue weighted by Crippen LogP contribution is 2.25. The quantitative estimate of drug-likeness (QED) is 0.539. The maximum absolute atomic E-state index is 11.7. The minimum Gasteiger partial charge on any atom is -0.475 e. The Bertz CT molecular complexity index is 538. The van der Waals surface area contributed by atoms with Gasteiger partial charge >= 0.3 is 5.97 Å². The van der Waals surface area contributed by atoms with Crippen LogP contribution in [-0.2, 0) is 10.0 Å². The van der Waals surface area contributed by atoms with Crippen LogP contribution in [0.3, 0.4) is 0 Å². The standard InChI is InChI=1S/C8H10BrNO7S/c9-7-6(1-5(17-7)8(13)14)18(15,16)10-2-4(12)3-11/h1,4,10-12H,2-3H2,(H,13,14). The highest BCUT2D eigenvalue weighted by Gasteiger charge is 2.25. The number of carboxylic acids is 1. The van der Waals surface area contributed by atoms with Gasteiger partial charge in [-0.05, 0) is 15.9 Å². The molecule has 8 nitrogen and oxygen atoms in total. The Balaban J connectivity index is 2.95. The third-order valence-electron chi connectivity index (χ3n) is 1.88. The molecule has 0 aliphatic heterocycles. The molecule has 0 aliphatic rings. The van der Waals surface area contributed by atoms with Crippen molar-refractivity contribution in [2.75, 3.05) is 13.2 Å². The molecule has 0 aromatic carbocycles. The number of hydrogen-bond acceptors (Lipinski definition) is 6. The van der Waals surface area contributed by atoms with Gasteiger partial charge in [0, 0.05) is 12.6 Å². The lowest BCUT2D eigenvalue weighted by Gasteiger charge is -2.08. The summed E-state index contributed by atoms with van der Waals surface area (Å²) in [7, 11) is -4.03. The smallest absolute Gasteiger partial charge is 0.371 e. The lowest BCUT2D eigenvalue weighted by molar-refractivity contribution is 0.0661. The van der Waals surface area contributed by atoms with Crippen LogP contribution >= 0.6 is 15.9 Å². The molecule has 0 radical (unpaired) electrons. The lowest BCUT2D eigenvalue weighted by Crippen LogP contribution is -2.33. The molecular formula is C8H10BrNO7S. The number of aliphatic hydroxyl groups excluding tert-OH is 2. The average Bonchev–Trinajstić information content (AvgIpc) is 2.69. The van der Waals surface area contributed by atoms with Crippen LogP contribution in [0.1, 0.15) is 10.6 Å². The number of furan rings is 1. The molecule has 0 spiro atoms. The summed E-state index contributed by atoms with van der Waals surface area (Å²) in [6.45, 7) is -1.01. The third-order valence-corrected chi connectivity index (χ3v) is 4.16. The molecule has 1 aromatic rings. The van der Waals surface area contributed by atoms with Gasteiger partial charge in [-0.1, -0.05) is 0 Å². The molecule has 102 valence electrons. The topological polar surface area (TPSA) is 137 Å². The number of hydrogen-bond donors (Lipinski definition) is 4. The predicted molar refractivity (Wildman–Crippen MR) is 61.6 cm³/mol. The fraction of sp³-hybridized carbons (Fsp3) is 0.375. The number of aromatic carboxylic acids is 1. The zero-order valence-corrected chi connectivity index (χ0v) is 11.2. The van der Waals surface area contributed by atoms with Crippen molar-refractivity contribution in [3.8, 4) is 0 Å². The van der Waals surface area contributed by atoms with Crippen LogP contribution in [-0.4, -0.2) is 49.0 Å². The summed E-state index contributed by atoms with van der Waals surface area (Å²) in [5, 5.41) is 26.2. The number of rotatable bonds is 6. The Kier molecular flexibility index (Phi) is 4.87. The lowest BCUT2D eigenvalue weighted by atomic mass is 10.4. The fourth-order valence-electron chi connectivity index (χ4n) is 0.989. The molecular weight excluding hydrogens is 334 g/mol. The molecule has 0 amide bonds. The van der Waals surface area contributed by atoms with E-state index >= 15 is 0 Å². The summed E-state index contributed by atoms with van der Waals surface area (Å²) in [6, 6.07) is 0.833. The highest BCUT2D eigenvalue weighted by molar-refractivity contribution is 9.10. The van der Waals surface area contributed by atoms with Gasteiger partial charge in [0.15, 0.2) is 4.67 Å². The minimum absolute atomic E-state index is 0.258. The van der Waals surface area contributed by atoms with Crippen LogP contribution in [0.4, 0.5) is 0 Å². The maximum Gasteiger partial charge on any atom is 0.371 e. The molecule has 10 heteroatoms. The molecule has 0 aliphatic carbocycles. The second-order valence-corrected chi connectivity index (χ2v) is 5.70. The number of carboxylic acid groups (broad SMARTS) is 1. The van der Waals surface area contributed by atoms with Crippen molar-refractivity contribution in [2.45, 2.75) is 11.0 Å². The summed E-state index contributed by atoms with van der Waals surface area (Å²) < 4.78 is 29.9. The Morgan fingerprint density at radius 1 is 1.56 bits per heavy atom. The van der Waals surface area contributed by atoms with Crippen LogP contribution in [0.15, 0.2) is 20.0 Å². The van der Waals surface area contributed by atoms with Crippen molar-refractivity contribution >= 4 is 31.9 Å². The number of sulfonamides is 1. The Morgan fingerprint density at radius 3 is 2.61 bits per heavy atom. The van der Waals surface area contributed by atoms with Gasteiger partial charge < -0.3 is 19.7 Å². The predicted octanol–water partition coefficient (Wildman–Crippen LogP) is -0.628. The molecule has 1 atom stereocenters. The number of halogens is 1. The Morgan fingerprint density at radius 2 is 2.17 bits per heavy atom. The van der Waals surface area contributed by atoms with Crippen molar-refractivity contribution in [3.63, 3.8) is 0 Å². The molecule has 1 unspecified atom stereocenters. The molecule has 0 fully saturated rings. The highest BCUT2D eigenvalue weighted by atomic mass is 79.9. The second kappa shape index (κ2) is 5.80. The van der Waals surface area contributed by atoms with Gasteiger partial charge in [-0.3, -0.25) is 0 Å². The van der Waals surface area contributed by atoms with E-state index in [1.807, 2.05) is 4.72 Å². The average molecular weight is 344 g/mol. The van der Waals surface area contributed by atoms with E-state index in [0.29, 0.717) is 0 Å². The van der Waals surface area contributed by atoms with E-state index < -0.39 is 45.9 Å². The monoisotopic (exact) mass is 343 g/mol. The van der Waals surface area contributed by atoms with Gasteiger partial charge in [-0.15, -0.1) is 0 Å². The van der Waals surface area contributed by atoms with E-state index in [4.69, 9.17) is 15.3 Å². The van der Waals surface area contributed by atoms with Gasteiger partial charge in [0.2, 0.25) is 15.8 Å². The first kappa shape index (κ1) is 15.1. The Labute approximate surface area is 110 Å². The molecule has 0 bridgehead atoms. The first-order valence-electron chi connectivity index (χ1n) is 4.59. The zero-order valence-electron chi connectivity index (χ0n) is 8.83. The van der Waals surface area contributed by atoms with E-state index in [9.17, 15) is 13.2 Å². The second-order valence-electron chi connectivity index (χ2n) is 3.24. The maximum atomic E-state index is 11.7. The third kappa shape index (κ3) is 3.53. The van der Waals surface area contributed by atoms with Crippen molar-refractivity contribution in [3.05, 3.63) is 16.5 Å². The van der Waals surface area contributed by atoms with Crippen molar-refractivity contribution in [1.82, 2.24) is 4.72 Å². The van der Waals surface area contributed by atoms with Crippen molar-refractivity contribution in [2.24, 2.45) is 0 Å². The SMILES string of the molecule is O=C(O)c1cc(S(=O)(=O)NCC(O)CO)c(Br)o1. The summed E-state index contributed by atoms with van der Waals surface area (Å²) >= 11 is 2.78. The van der Waals surface area contributed by atoms with Gasteiger partial charge in [0.05, 0.1) is 12.7 Å². The van der Waals surface area contributed by atoms with Crippen molar-refractivity contribution < 1.29 is 32.9 Å². The largest absolute Gasteiger partial charge is 0.475 e. The summed E-state index contributed by atoms with van der Waals surface area (Å²) in [5.74, 6) is -1.95. The van der Waals surface area contributed by atoms with Gasteiger partial charge in [-0.2, -0.15) is 0 Å². The van der Waals surface area contributed by atoms with Crippen LogP contribution in [0, 0.1) is 0 Å². The number of nitrogens with one attached hydrogen (secondary N) is 1. The van der Waals surface area contributed by atoms with Gasteiger partial charge in [0.1, 0.15) is 4.90 Å². The van der Waals surface area contributed by atoms with Crippen molar-refractivity contribution in [1.29, 1.82) is 0 Å². The van der Waals surface area contributed by atoms with Gasteiger partial charge in [-0.25, -0.2) is 17.9 Å². The van der Waals surface area contributed by atoms with E-state index in [1.165, 1.54) is 0 Å². The molecule has 0 saturated heterocycles. The summed E-state index contributed by atoms with van der Waals surface area (Å²) in [6.07, 6.45) is -1.25. The van der Waals surface area contributed by atoms with E-state index in [1.54, 1.807) is 0 Å².